The summed E-state index contributed by atoms with van der Waals surface area (Å²) in [6.07, 6.45) is -0.252. The molecule has 1 heterocycles. The van der Waals surface area contributed by atoms with E-state index in [1.54, 1.807) is 69.5 Å². The predicted octanol–water partition coefficient (Wildman–Crippen LogP) is 2.80. The van der Waals surface area contributed by atoms with Gasteiger partial charge in [0.15, 0.2) is 6.61 Å². The summed E-state index contributed by atoms with van der Waals surface area (Å²) < 4.78 is 15.3. The van der Waals surface area contributed by atoms with E-state index < -0.39 is 30.4 Å². The molecule has 0 spiro atoms. The maximum atomic E-state index is 12.4. The van der Waals surface area contributed by atoms with Crippen LogP contribution in [0.5, 0.6) is 5.75 Å². The number of carbonyl (C=O) groups is 4. The third kappa shape index (κ3) is 6.31. The molecule has 3 rings (SSSR count). The van der Waals surface area contributed by atoms with E-state index in [1.807, 2.05) is 0 Å². The Hall–Kier alpha value is -3.88. The topological polar surface area (TPSA) is 111 Å². The van der Waals surface area contributed by atoms with E-state index in [9.17, 15) is 19.2 Å². The predicted molar refractivity (Wildman–Crippen MR) is 120 cm³/mol. The highest BCUT2D eigenvalue weighted by Gasteiger charge is 2.36. The van der Waals surface area contributed by atoms with Crippen LogP contribution in [0, 0.1) is 5.92 Å². The highest BCUT2D eigenvalue weighted by Crippen LogP contribution is 2.26. The first-order valence-electron chi connectivity index (χ1n) is 10.5. The van der Waals surface area contributed by atoms with E-state index in [0.717, 1.165) is 0 Å². The smallest absolute Gasteiger partial charge is 0.338 e. The average Bonchev–Trinajstić information content (AvgIpc) is 3.19. The fraction of sp³-hybridized carbons (Fsp3) is 0.333. The molecular weight excluding hydrogens is 428 g/mol. The van der Waals surface area contributed by atoms with Gasteiger partial charge in [0.1, 0.15) is 5.75 Å². The highest BCUT2D eigenvalue weighted by atomic mass is 16.5. The van der Waals surface area contributed by atoms with Gasteiger partial charge in [-0.1, -0.05) is 0 Å². The van der Waals surface area contributed by atoms with Gasteiger partial charge in [-0.3, -0.25) is 14.4 Å². The number of amides is 2. The average molecular weight is 454 g/mol. The van der Waals surface area contributed by atoms with Crippen LogP contribution >= 0.6 is 0 Å². The van der Waals surface area contributed by atoms with Crippen molar-refractivity contribution in [2.75, 3.05) is 30.5 Å². The van der Waals surface area contributed by atoms with E-state index >= 15 is 0 Å². The second-order valence-corrected chi connectivity index (χ2v) is 7.79. The van der Waals surface area contributed by atoms with E-state index in [0.29, 0.717) is 22.7 Å². The third-order valence-corrected chi connectivity index (χ3v) is 4.94. The van der Waals surface area contributed by atoms with E-state index in [2.05, 4.69) is 5.32 Å². The Morgan fingerprint density at radius 3 is 2.33 bits per heavy atom. The summed E-state index contributed by atoms with van der Waals surface area (Å²) in [6.45, 7) is 3.20. The monoisotopic (exact) mass is 454 g/mol. The molecule has 9 nitrogen and oxygen atoms in total. The number of anilines is 2. The fourth-order valence-electron chi connectivity index (χ4n) is 3.30. The van der Waals surface area contributed by atoms with Crippen molar-refractivity contribution in [3.05, 3.63) is 54.1 Å². The molecule has 9 heteroatoms. The molecule has 2 aromatic carbocycles. The minimum Gasteiger partial charge on any atom is -0.497 e. The molecule has 0 bridgehead atoms. The SMILES string of the molecule is COc1ccc(NC(=O)COC(=O)[C@@H]2CC(=O)N(c3ccc(C(=O)OC(C)C)cc3)C2)cc1. The summed E-state index contributed by atoms with van der Waals surface area (Å²) in [6, 6.07) is 13.1. The molecule has 1 saturated heterocycles. The molecule has 1 atom stereocenters. The lowest BCUT2D eigenvalue weighted by atomic mass is 10.1. The molecule has 1 fully saturated rings. The Morgan fingerprint density at radius 1 is 1.06 bits per heavy atom. The van der Waals surface area contributed by atoms with Crippen molar-refractivity contribution >= 4 is 35.1 Å². The number of ether oxygens (including phenoxy) is 3. The van der Waals surface area contributed by atoms with Crippen LogP contribution in [-0.4, -0.2) is 50.1 Å². The molecule has 1 N–H and O–H groups in total. The van der Waals surface area contributed by atoms with Crippen molar-refractivity contribution in [2.24, 2.45) is 5.92 Å². The minimum atomic E-state index is -0.683. The number of nitrogens with one attached hydrogen (secondary N) is 1. The third-order valence-electron chi connectivity index (χ3n) is 4.94. The standard InChI is InChI=1S/C24H26N2O7/c1-15(2)33-24(30)16-4-8-19(9-5-16)26-13-17(12-22(26)28)23(29)32-14-21(27)25-18-6-10-20(31-3)11-7-18/h4-11,15,17H,12-14H2,1-3H3,(H,25,27)/t17-/m1/s1. The molecule has 0 aliphatic carbocycles. The zero-order valence-corrected chi connectivity index (χ0v) is 18.7. The summed E-state index contributed by atoms with van der Waals surface area (Å²) in [5, 5.41) is 2.62. The maximum absolute atomic E-state index is 12.4. The van der Waals surface area contributed by atoms with Crippen molar-refractivity contribution in [3.8, 4) is 5.75 Å². The van der Waals surface area contributed by atoms with Crippen molar-refractivity contribution in [1.82, 2.24) is 0 Å². The van der Waals surface area contributed by atoms with Gasteiger partial charge in [0.05, 0.1) is 24.7 Å². The van der Waals surface area contributed by atoms with Gasteiger partial charge in [-0.2, -0.15) is 0 Å². The first-order chi connectivity index (χ1) is 15.8. The van der Waals surface area contributed by atoms with Gasteiger partial charge in [-0.15, -0.1) is 0 Å². The normalized spacial score (nSPS) is 15.3. The summed E-state index contributed by atoms with van der Waals surface area (Å²) in [7, 11) is 1.54. The Bertz CT molecular complexity index is 1020. The van der Waals surface area contributed by atoms with Crippen LogP contribution in [0.15, 0.2) is 48.5 Å². The molecule has 0 unspecified atom stereocenters. The second-order valence-electron chi connectivity index (χ2n) is 7.79. The number of nitrogens with zero attached hydrogens (tertiary/aromatic N) is 1. The van der Waals surface area contributed by atoms with Crippen LogP contribution in [0.2, 0.25) is 0 Å². The summed E-state index contributed by atoms with van der Waals surface area (Å²) in [5.74, 6) is -1.82. The quantitative estimate of drug-likeness (QED) is 0.611. The Morgan fingerprint density at radius 2 is 1.73 bits per heavy atom. The number of hydrogen-bond acceptors (Lipinski definition) is 7. The van der Waals surface area contributed by atoms with Gasteiger partial charge < -0.3 is 24.4 Å². The van der Waals surface area contributed by atoms with E-state index in [1.165, 1.54) is 4.90 Å². The van der Waals surface area contributed by atoms with Gasteiger partial charge in [0, 0.05) is 24.3 Å². The molecule has 2 aromatic rings. The molecule has 0 radical (unpaired) electrons. The number of hydrogen-bond donors (Lipinski definition) is 1. The van der Waals surface area contributed by atoms with E-state index in [4.69, 9.17) is 14.2 Å². The van der Waals surface area contributed by atoms with Crippen LogP contribution in [0.1, 0.15) is 30.6 Å². The lowest BCUT2D eigenvalue weighted by Crippen LogP contribution is -2.28. The first-order valence-corrected chi connectivity index (χ1v) is 10.5. The van der Waals surface area contributed by atoms with Crippen LogP contribution in [-0.2, 0) is 23.9 Å². The first kappa shape index (κ1) is 23.8. The summed E-state index contributed by atoms with van der Waals surface area (Å²) in [5.41, 5.74) is 1.48. The number of esters is 2. The fourth-order valence-corrected chi connectivity index (χ4v) is 3.30. The summed E-state index contributed by atoms with van der Waals surface area (Å²) in [4.78, 5) is 50.3. The zero-order chi connectivity index (χ0) is 24.0. The second kappa shape index (κ2) is 10.6. The lowest BCUT2D eigenvalue weighted by molar-refractivity contribution is -0.151. The van der Waals surface area contributed by atoms with Crippen LogP contribution in [0.3, 0.4) is 0 Å². The largest absolute Gasteiger partial charge is 0.497 e. The highest BCUT2D eigenvalue weighted by molar-refractivity contribution is 6.00. The number of rotatable bonds is 8. The van der Waals surface area contributed by atoms with Crippen LogP contribution < -0.4 is 15.0 Å². The van der Waals surface area contributed by atoms with Crippen molar-refractivity contribution in [3.63, 3.8) is 0 Å². The Kier molecular flexibility index (Phi) is 7.66. The molecule has 0 aromatic heterocycles. The van der Waals surface area contributed by atoms with Crippen LogP contribution in [0.4, 0.5) is 11.4 Å². The Labute approximate surface area is 191 Å². The van der Waals surface area contributed by atoms with Crippen molar-refractivity contribution in [2.45, 2.75) is 26.4 Å². The van der Waals surface area contributed by atoms with Gasteiger partial charge in [-0.05, 0) is 62.4 Å². The molecule has 1 aliphatic heterocycles. The molecule has 2 amide bonds. The molecule has 174 valence electrons. The van der Waals surface area contributed by atoms with Gasteiger partial charge >= 0.3 is 11.9 Å². The maximum Gasteiger partial charge on any atom is 0.338 e. The van der Waals surface area contributed by atoms with Gasteiger partial charge in [-0.25, -0.2) is 4.79 Å². The van der Waals surface area contributed by atoms with Crippen molar-refractivity contribution in [1.29, 1.82) is 0 Å². The molecule has 0 saturated carbocycles. The van der Waals surface area contributed by atoms with Crippen LogP contribution in [0.25, 0.3) is 0 Å². The van der Waals surface area contributed by atoms with Gasteiger partial charge in [0.25, 0.3) is 5.91 Å². The molecule has 33 heavy (non-hydrogen) atoms. The van der Waals surface area contributed by atoms with Gasteiger partial charge in [0.2, 0.25) is 5.91 Å². The molecular formula is C24H26N2O7. The molecule has 1 aliphatic rings. The number of methoxy groups -OCH3 is 1. The number of benzene rings is 2. The zero-order valence-electron chi connectivity index (χ0n) is 18.7. The van der Waals surface area contributed by atoms with E-state index in [-0.39, 0.29) is 25.0 Å². The lowest BCUT2D eigenvalue weighted by Gasteiger charge is -2.17. The van der Waals surface area contributed by atoms with Crippen molar-refractivity contribution < 1.29 is 33.4 Å². The number of carbonyl (C=O) groups excluding carboxylic acids is 4. The Balaban J connectivity index is 1.51. The summed E-state index contributed by atoms with van der Waals surface area (Å²) >= 11 is 0. The minimum absolute atomic E-state index is 0.0178.